The van der Waals surface area contributed by atoms with Gasteiger partial charge in [0.25, 0.3) is 5.91 Å². The molecule has 0 bridgehead atoms. The molecule has 0 saturated heterocycles. The average molecular weight is 273 g/mol. The summed E-state index contributed by atoms with van der Waals surface area (Å²) in [4.78, 5) is 11.9. The Morgan fingerprint density at radius 3 is 2.75 bits per heavy atom. The quantitative estimate of drug-likeness (QED) is 0.822. The summed E-state index contributed by atoms with van der Waals surface area (Å²) in [6.07, 6.45) is -0.544. The van der Waals surface area contributed by atoms with Gasteiger partial charge in [0.1, 0.15) is 5.75 Å². The molecule has 20 heavy (non-hydrogen) atoms. The zero-order valence-electron chi connectivity index (χ0n) is 11.8. The van der Waals surface area contributed by atoms with E-state index in [0.29, 0.717) is 13.2 Å². The number of carbonyl (C=O) groups is 1. The summed E-state index contributed by atoms with van der Waals surface area (Å²) >= 11 is 0. The van der Waals surface area contributed by atoms with Gasteiger partial charge in [0, 0.05) is 19.0 Å². The highest BCUT2D eigenvalue weighted by Crippen LogP contribution is 2.25. The van der Waals surface area contributed by atoms with Crippen LogP contribution in [0.2, 0.25) is 0 Å². The number of nitrogens with one attached hydrogen (secondary N) is 1. The first-order valence-corrected chi connectivity index (χ1v) is 6.63. The summed E-state index contributed by atoms with van der Waals surface area (Å²) in [5.74, 6) is 0.576. The van der Waals surface area contributed by atoms with Gasteiger partial charge in [-0.2, -0.15) is 0 Å². The lowest BCUT2D eigenvalue weighted by atomic mass is 10.1. The topological polar surface area (TPSA) is 47.6 Å². The van der Waals surface area contributed by atoms with E-state index in [0.717, 1.165) is 16.5 Å². The largest absolute Gasteiger partial charge is 0.480 e. The predicted molar refractivity (Wildman–Crippen MR) is 78.9 cm³/mol. The smallest absolute Gasteiger partial charge is 0.260 e. The molecule has 0 spiro atoms. The first-order valence-electron chi connectivity index (χ1n) is 6.63. The SMILES string of the molecule is COCCNC(=O)C(C)Oc1cccc2ccccc12. The summed E-state index contributed by atoms with van der Waals surface area (Å²) < 4.78 is 10.7. The molecule has 2 aromatic carbocycles. The van der Waals surface area contributed by atoms with Gasteiger partial charge < -0.3 is 14.8 Å². The highest BCUT2D eigenvalue weighted by atomic mass is 16.5. The zero-order chi connectivity index (χ0) is 14.4. The standard InChI is InChI=1S/C16H19NO3/c1-12(16(18)17-10-11-19-2)20-15-9-5-7-13-6-3-4-8-14(13)15/h3-9,12H,10-11H2,1-2H3,(H,17,18). The van der Waals surface area contributed by atoms with Crippen molar-refractivity contribution in [3.05, 3.63) is 42.5 Å². The van der Waals surface area contributed by atoms with Crippen molar-refractivity contribution in [2.24, 2.45) is 0 Å². The number of hydrogen-bond donors (Lipinski definition) is 1. The van der Waals surface area contributed by atoms with Crippen molar-refractivity contribution < 1.29 is 14.3 Å². The molecule has 0 saturated carbocycles. The van der Waals surface area contributed by atoms with Crippen LogP contribution in [-0.2, 0) is 9.53 Å². The Hall–Kier alpha value is -2.07. The van der Waals surface area contributed by atoms with Crippen molar-refractivity contribution in [3.63, 3.8) is 0 Å². The lowest BCUT2D eigenvalue weighted by Crippen LogP contribution is -2.37. The van der Waals surface area contributed by atoms with Crippen molar-refractivity contribution in [2.75, 3.05) is 20.3 Å². The van der Waals surface area contributed by atoms with Gasteiger partial charge in [-0.3, -0.25) is 4.79 Å². The molecule has 1 unspecified atom stereocenters. The molecular formula is C16H19NO3. The van der Waals surface area contributed by atoms with E-state index in [1.807, 2.05) is 42.5 Å². The maximum Gasteiger partial charge on any atom is 0.260 e. The van der Waals surface area contributed by atoms with Crippen molar-refractivity contribution >= 4 is 16.7 Å². The Bertz CT molecular complexity index is 577. The van der Waals surface area contributed by atoms with Crippen LogP contribution in [0.4, 0.5) is 0 Å². The Morgan fingerprint density at radius 1 is 1.20 bits per heavy atom. The van der Waals surface area contributed by atoms with Crippen LogP contribution < -0.4 is 10.1 Å². The number of hydrogen-bond acceptors (Lipinski definition) is 3. The van der Waals surface area contributed by atoms with Crippen LogP contribution >= 0.6 is 0 Å². The van der Waals surface area contributed by atoms with E-state index in [1.165, 1.54) is 0 Å². The average Bonchev–Trinajstić information content (AvgIpc) is 2.47. The van der Waals surface area contributed by atoms with E-state index in [9.17, 15) is 4.79 Å². The van der Waals surface area contributed by atoms with Crippen LogP contribution in [-0.4, -0.2) is 32.3 Å². The lowest BCUT2D eigenvalue weighted by molar-refractivity contribution is -0.127. The second kappa shape index (κ2) is 6.91. The number of rotatable bonds is 6. The summed E-state index contributed by atoms with van der Waals surface area (Å²) in [6, 6.07) is 13.8. The maximum absolute atomic E-state index is 11.9. The van der Waals surface area contributed by atoms with Gasteiger partial charge in [0.05, 0.1) is 6.61 Å². The van der Waals surface area contributed by atoms with Crippen LogP contribution in [0.25, 0.3) is 10.8 Å². The first-order chi connectivity index (χ1) is 9.72. The fourth-order valence-electron chi connectivity index (χ4n) is 1.96. The summed E-state index contributed by atoms with van der Waals surface area (Å²) in [5, 5.41) is 4.86. The molecular weight excluding hydrogens is 254 g/mol. The third-order valence-electron chi connectivity index (χ3n) is 3.03. The number of fused-ring (bicyclic) bond motifs is 1. The minimum atomic E-state index is -0.544. The second-order valence-electron chi connectivity index (χ2n) is 4.52. The van der Waals surface area contributed by atoms with Gasteiger partial charge in [0.2, 0.25) is 0 Å². The van der Waals surface area contributed by atoms with Gasteiger partial charge >= 0.3 is 0 Å². The Labute approximate surface area is 118 Å². The molecule has 1 N–H and O–H groups in total. The van der Waals surface area contributed by atoms with E-state index in [-0.39, 0.29) is 5.91 Å². The lowest BCUT2D eigenvalue weighted by Gasteiger charge is -2.16. The molecule has 0 heterocycles. The Balaban J connectivity index is 2.06. The molecule has 1 atom stereocenters. The number of benzene rings is 2. The van der Waals surface area contributed by atoms with Gasteiger partial charge in [-0.05, 0) is 18.4 Å². The minimum Gasteiger partial charge on any atom is -0.480 e. The van der Waals surface area contributed by atoms with Crippen molar-refractivity contribution in [3.8, 4) is 5.75 Å². The normalized spacial score (nSPS) is 12.1. The minimum absolute atomic E-state index is 0.144. The highest BCUT2D eigenvalue weighted by molar-refractivity contribution is 5.89. The summed E-state index contributed by atoms with van der Waals surface area (Å²) in [6.45, 7) is 2.72. The molecule has 2 rings (SSSR count). The van der Waals surface area contributed by atoms with E-state index >= 15 is 0 Å². The Kier molecular flexibility index (Phi) is 4.96. The van der Waals surface area contributed by atoms with E-state index in [4.69, 9.17) is 9.47 Å². The van der Waals surface area contributed by atoms with Crippen LogP contribution in [0.1, 0.15) is 6.92 Å². The molecule has 0 radical (unpaired) electrons. The molecule has 106 valence electrons. The number of amides is 1. The van der Waals surface area contributed by atoms with Gasteiger partial charge in [0.15, 0.2) is 6.10 Å². The second-order valence-corrected chi connectivity index (χ2v) is 4.52. The molecule has 0 aliphatic carbocycles. The van der Waals surface area contributed by atoms with E-state index in [1.54, 1.807) is 14.0 Å². The summed E-state index contributed by atoms with van der Waals surface area (Å²) in [7, 11) is 1.60. The number of methoxy groups -OCH3 is 1. The van der Waals surface area contributed by atoms with Gasteiger partial charge in [-0.25, -0.2) is 0 Å². The van der Waals surface area contributed by atoms with Crippen LogP contribution in [0.5, 0.6) is 5.75 Å². The molecule has 1 amide bonds. The maximum atomic E-state index is 11.9. The molecule has 2 aromatic rings. The zero-order valence-corrected chi connectivity index (χ0v) is 11.8. The predicted octanol–water partition coefficient (Wildman–Crippen LogP) is 2.37. The monoisotopic (exact) mass is 273 g/mol. The van der Waals surface area contributed by atoms with Crippen LogP contribution in [0.3, 0.4) is 0 Å². The van der Waals surface area contributed by atoms with Crippen LogP contribution in [0, 0.1) is 0 Å². The third-order valence-corrected chi connectivity index (χ3v) is 3.03. The van der Waals surface area contributed by atoms with Gasteiger partial charge in [-0.15, -0.1) is 0 Å². The van der Waals surface area contributed by atoms with Crippen molar-refractivity contribution in [1.82, 2.24) is 5.32 Å². The molecule has 4 nitrogen and oxygen atoms in total. The fraction of sp³-hybridized carbons (Fsp3) is 0.312. The fourth-order valence-corrected chi connectivity index (χ4v) is 1.96. The summed E-state index contributed by atoms with van der Waals surface area (Å²) in [5.41, 5.74) is 0. The Morgan fingerprint density at radius 2 is 1.95 bits per heavy atom. The molecule has 0 aromatic heterocycles. The van der Waals surface area contributed by atoms with Gasteiger partial charge in [-0.1, -0.05) is 36.4 Å². The first kappa shape index (κ1) is 14.3. The van der Waals surface area contributed by atoms with Crippen molar-refractivity contribution in [1.29, 1.82) is 0 Å². The molecule has 0 fully saturated rings. The molecule has 4 heteroatoms. The van der Waals surface area contributed by atoms with E-state index < -0.39 is 6.10 Å². The molecule has 0 aliphatic rings. The third kappa shape index (κ3) is 3.48. The molecule has 0 aliphatic heterocycles. The van der Waals surface area contributed by atoms with Crippen LogP contribution in [0.15, 0.2) is 42.5 Å². The highest BCUT2D eigenvalue weighted by Gasteiger charge is 2.15. The number of ether oxygens (including phenoxy) is 2. The van der Waals surface area contributed by atoms with Crippen molar-refractivity contribution in [2.45, 2.75) is 13.0 Å². The number of carbonyl (C=O) groups excluding carboxylic acids is 1. The van der Waals surface area contributed by atoms with E-state index in [2.05, 4.69) is 5.32 Å².